The Morgan fingerprint density at radius 2 is 1.89 bits per heavy atom. The maximum Gasteiger partial charge on any atom is 0.513 e. The summed E-state index contributed by atoms with van der Waals surface area (Å²) in [6.07, 6.45) is -2.16. The molecule has 4 unspecified atom stereocenters. The van der Waals surface area contributed by atoms with E-state index >= 15 is 0 Å². The third-order valence-corrected chi connectivity index (χ3v) is 7.31. The van der Waals surface area contributed by atoms with Crippen LogP contribution in [0.25, 0.3) is 0 Å². The lowest BCUT2D eigenvalue weighted by molar-refractivity contribution is -0.156. The van der Waals surface area contributed by atoms with Crippen molar-refractivity contribution < 1.29 is 38.5 Å². The molecule has 0 radical (unpaired) electrons. The summed E-state index contributed by atoms with van der Waals surface area (Å²) >= 11 is 3.45. The van der Waals surface area contributed by atoms with E-state index in [2.05, 4.69) is 26.0 Å². The van der Waals surface area contributed by atoms with Gasteiger partial charge >= 0.3 is 18.4 Å². The summed E-state index contributed by atoms with van der Waals surface area (Å²) in [7, 11) is 1.81. The molecule has 5 rings (SSSR count). The van der Waals surface area contributed by atoms with Crippen molar-refractivity contribution in [2.45, 2.75) is 44.6 Å². The minimum Gasteiger partial charge on any atom is -0.449 e. The molecule has 1 fully saturated rings. The summed E-state index contributed by atoms with van der Waals surface area (Å²) in [4.78, 5) is 50.6. The van der Waals surface area contributed by atoms with Gasteiger partial charge in [0.15, 0.2) is 11.5 Å². The predicted molar refractivity (Wildman–Crippen MR) is 123 cm³/mol. The van der Waals surface area contributed by atoms with E-state index in [0.29, 0.717) is 29.7 Å². The van der Waals surface area contributed by atoms with E-state index < -0.39 is 41.8 Å². The first-order valence-corrected chi connectivity index (χ1v) is 11.8. The highest BCUT2D eigenvalue weighted by atomic mass is 79.9. The number of carbonyl (C=O) groups excluding carboxylic acids is 3. The summed E-state index contributed by atoms with van der Waals surface area (Å²) in [5.74, 6) is -1.43. The van der Waals surface area contributed by atoms with Crippen molar-refractivity contribution in [3.05, 3.63) is 56.6 Å². The molecule has 10 nitrogen and oxygen atoms in total. The quantitative estimate of drug-likeness (QED) is 0.258. The molecule has 1 saturated heterocycles. The van der Waals surface area contributed by atoms with Crippen LogP contribution in [-0.4, -0.2) is 47.3 Å². The first-order chi connectivity index (χ1) is 16.6. The molecule has 2 amide bonds. The van der Waals surface area contributed by atoms with Crippen LogP contribution in [0.3, 0.4) is 0 Å². The zero-order chi connectivity index (χ0) is 25.2. The van der Waals surface area contributed by atoms with E-state index in [9.17, 15) is 19.2 Å². The van der Waals surface area contributed by atoms with Gasteiger partial charge in [-0.15, -0.1) is 0 Å². The van der Waals surface area contributed by atoms with Crippen LogP contribution < -0.4 is 14.8 Å². The minimum absolute atomic E-state index is 0.263. The summed E-state index contributed by atoms with van der Waals surface area (Å²) in [6, 6.07) is 6.53. The number of hydrogen-bond acceptors (Lipinski definition) is 8. The summed E-state index contributed by atoms with van der Waals surface area (Å²) in [5, 5.41) is 11.2. The Kier molecular flexibility index (Phi) is 5.37. The molecule has 3 aliphatic rings. The van der Waals surface area contributed by atoms with Crippen LogP contribution in [-0.2, 0) is 32.7 Å². The van der Waals surface area contributed by atoms with Crippen LogP contribution in [0, 0.1) is 0 Å². The molecule has 182 valence electrons. The number of carboxylic acid groups (broad SMARTS) is 1. The number of amides is 2. The van der Waals surface area contributed by atoms with Gasteiger partial charge in [-0.05, 0) is 60.8 Å². The molecule has 0 aromatic heterocycles. The number of benzene rings is 2. The van der Waals surface area contributed by atoms with Gasteiger partial charge in [0.25, 0.3) is 11.8 Å². The standard InChI is InChI=1S/C24H21BrN2O8/c1-4-11-12(5-2)17-16(33-21(34-17)20(29)35-23(31)32)9-14(11)18-24(27(18)3)15-8-10(25)6-7-13(15)19(28)26-22(24)30/h6-9,18,21H,4-5H2,1-3H3,(H,31,32)(H,26,28,30). The number of fused-ring (bicyclic) bond motifs is 3. The second-order valence-electron chi connectivity index (χ2n) is 8.46. The fourth-order valence-electron chi connectivity index (χ4n) is 5.37. The van der Waals surface area contributed by atoms with E-state index in [-0.39, 0.29) is 5.75 Å². The maximum atomic E-state index is 13.3. The summed E-state index contributed by atoms with van der Waals surface area (Å²) in [5.41, 5.74) is 2.45. The van der Waals surface area contributed by atoms with Crippen molar-refractivity contribution in [2.24, 2.45) is 0 Å². The molecule has 1 spiro atoms. The number of nitrogens with zero attached hydrogens (tertiary/aromatic N) is 1. The summed E-state index contributed by atoms with van der Waals surface area (Å²) < 4.78 is 16.2. The van der Waals surface area contributed by atoms with E-state index in [1.54, 1.807) is 24.3 Å². The summed E-state index contributed by atoms with van der Waals surface area (Å²) in [6.45, 7) is 3.90. The third kappa shape index (κ3) is 3.25. The Morgan fingerprint density at radius 3 is 2.54 bits per heavy atom. The van der Waals surface area contributed by atoms with Crippen molar-refractivity contribution in [1.29, 1.82) is 0 Å². The molecular weight excluding hydrogens is 524 g/mol. The van der Waals surface area contributed by atoms with Crippen LogP contribution in [0.15, 0.2) is 28.7 Å². The van der Waals surface area contributed by atoms with Crippen LogP contribution in [0.2, 0.25) is 0 Å². The number of ether oxygens (including phenoxy) is 3. The first-order valence-electron chi connectivity index (χ1n) is 11.0. The highest BCUT2D eigenvalue weighted by molar-refractivity contribution is 9.10. The normalized spacial score (nSPS) is 25.8. The molecule has 35 heavy (non-hydrogen) atoms. The van der Waals surface area contributed by atoms with E-state index in [4.69, 9.17) is 14.6 Å². The van der Waals surface area contributed by atoms with Crippen LogP contribution >= 0.6 is 15.9 Å². The van der Waals surface area contributed by atoms with Crippen molar-refractivity contribution in [1.82, 2.24) is 10.2 Å². The number of halogens is 1. The lowest BCUT2D eigenvalue weighted by atomic mass is 9.82. The Hall–Kier alpha value is -3.44. The monoisotopic (exact) mass is 544 g/mol. The van der Waals surface area contributed by atoms with Gasteiger partial charge in [0.1, 0.15) is 5.54 Å². The highest BCUT2D eigenvalue weighted by Crippen LogP contribution is 2.63. The predicted octanol–water partition coefficient (Wildman–Crippen LogP) is 3.04. The molecule has 3 heterocycles. The first kappa shape index (κ1) is 23.3. The second-order valence-corrected chi connectivity index (χ2v) is 9.38. The Bertz CT molecular complexity index is 1330. The lowest BCUT2D eigenvalue weighted by Gasteiger charge is -2.25. The number of hydrogen-bond donors (Lipinski definition) is 2. The molecule has 0 bridgehead atoms. The van der Waals surface area contributed by atoms with Crippen LogP contribution in [0.1, 0.15) is 52.5 Å². The smallest absolute Gasteiger partial charge is 0.449 e. The number of imide groups is 1. The topological polar surface area (TPSA) is 131 Å². The Balaban J connectivity index is 1.63. The van der Waals surface area contributed by atoms with Gasteiger partial charge in [-0.1, -0.05) is 29.8 Å². The Labute approximate surface area is 208 Å². The molecular formula is C24H21BrN2O8. The molecule has 4 atom stereocenters. The van der Waals surface area contributed by atoms with Gasteiger partial charge in [0.2, 0.25) is 0 Å². The maximum absolute atomic E-state index is 13.3. The van der Waals surface area contributed by atoms with E-state index in [1.165, 1.54) is 0 Å². The SMILES string of the molecule is CCc1c(C2N(C)C23C(=O)NC(=O)c2ccc(Br)cc23)cc2c(c1CC)OC(C(=O)OC(=O)O)O2. The van der Waals surface area contributed by atoms with Crippen LogP contribution in [0.4, 0.5) is 4.79 Å². The molecule has 0 saturated carbocycles. The largest absolute Gasteiger partial charge is 0.513 e. The molecule has 0 aliphatic carbocycles. The van der Waals surface area contributed by atoms with E-state index in [0.717, 1.165) is 21.2 Å². The highest BCUT2D eigenvalue weighted by Gasteiger charge is 2.70. The molecule has 11 heteroatoms. The van der Waals surface area contributed by atoms with Gasteiger partial charge in [0, 0.05) is 15.6 Å². The van der Waals surface area contributed by atoms with Gasteiger partial charge in [-0.3, -0.25) is 19.8 Å². The fourth-order valence-corrected chi connectivity index (χ4v) is 5.73. The second kappa shape index (κ2) is 8.06. The minimum atomic E-state index is -1.76. The zero-order valence-corrected chi connectivity index (χ0v) is 20.6. The number of esters is 1. The number of rotatable bonds is 4. The zero-order valence-electron chi connectivity index (χ0n) is 19.0. The molecule has 2 aromatic rings. The van der Waals surface area contributed by atoms with Gasteiger partial charge in [-0.2, -0.15) is 0 Å². The van der Waals surface area contributed by atoms with Gasteiger partial charge in [-0.25, -0.2) is 9.59 Å². The van der Waals surface area contributed by atoms with Crippen molar-refractivity contribution in [3.63, 3.8) is 0 Å². The van der Waals surface area contributed by atoms with Crippen LogP contribution in [0.5, 0.6) is 11.5 Å². The van der Waals surface area contributed by atoms with Crippen molar-refractivity contribution in [3.8, 4) is 11.5 Å². The van der Waals surface area contributed by atoms with Crippen molar-refractivity contribution >= 4 is 39.9 Å². The average molecular weight is 545 g/mol. The lowest BCUT2D eigenvalue weighted by Crippen LogP contribution is -2.47. The third-order valence-electron chi connectivity index (χ3n) is 6.82. The number of nitrogens with one attached hydrogen (secondary N) is 1. The van der Waals surface area contributed by atoms with Gasteiger partial charge < -0.3 is 19.3 Å². The molecule has 2 aromatic carbocycles. The van der Waals surface area contributed by atoms with Gasteiger partial charge in [0.05, 0.1) is 6.04 Å². The number of likely N-dealkylation sites (N-methyl/N-ethyl adjacent to an activating group) is 1. The Morgan fingerprint density at radius 1 is 1.17 bits per heavy atom. The number of carbonyl (C=O) groups is 4. The van der Waals surface area contributed by atoms with Crippen molar-refractivity contribution in [2.75, 3.05) is 7.05 Å². The average Bonchev–Trinajstić information content (AvgIpc) is 3.18. The molecule has 2 N–H and O–H groups in total. The molecule has 3 aliphatic heterocycles. The van der Waals surface area contributed by atoms with E-state index in [1.807, 2.05) is 25.8 Å². The fraction of sp³-hybridized carbons (Fsp3) is 0.333.